The number of carbonyl (C=O) groups is 2. The molecule has 2 heterocycles. The number of amides is 2. The highest BCUT2D eigenvalue weighted by Gasteiger charge is 2.37. The summed E-state index contributed by atoms with van der Waals surface area (Å²) in [5.41, 5.74) is -1.82. The second-order valence-corrected chi connectivity index (χ2v) is 9.85. The molecule has 0 aliphatic carbocycles. The normalized spacial score (nSPS) is 11.3. The van der Waals surface area contributed by atoms with Gasteiger partial charge in [-0.1, -0.05) is 33.6 Å². The Morgan fingerprint density at radius 2 is 1.89 bits per heavy atom. The molecule has 0 saturated carbocycles. The zero-order valence-corrected chi connectivity index (χ0v) is 22.8. The van der Waals surface area contributed by atoms with E-state index < -0.39 is 29.4 Å². The minimum atomic E-state index is -4.86. The van der Waals surface area contributed by atoms with Gasteiger partial charge in [0.2, 0.25) is 0 Å². The fraction of sp³-hybridized carbons (Fsp3) is 0.125. The zero-order valence-electron chi connectivity index (χ0n) is 18.9. The van der Waals surface area contributed by atoms with Crippen molar-refractivity contribution in [1.29, 1.82) is 5.26 Å². The van der Waals surface area contributed by atoms with Gasteiger partial charge in [-0.15, -0.1) is 0 Å². The summed E-state index contributed by atoms with van der Waals surface area (Å²) >= 11 is 12.9. The minimum absolute atomic E-state index is 0.00714. The van der Waals surface area contributed by atoms with Gasteiger partial charge in [-0.2, -0.15) is 23.5 Å². The summed E-state index contributed by atoms with van der Waals surface area (Å²) < 4.78 is 42.3. The highest BCUT2D eigenvalue weighted by atomic mass is 79.9. The molecule has 0 spiro atoms. The van der Waals surface area contributed by atoms with Crippen molar-refractivity contribution in [2.24, 2.45) is 0 Å². The number of hydrogen-bond acceptors (Lipinski definition) is 5. The predicted octanol–water partition coefficient (Wildman–Crippen LogP) is 6.51. The lowest BCUT2D eigenvalue weighted by Crippen LogP contribution is -2.26. The third-order valence-corrected chi connectivity index (χ3v) is 6.83. The summed E-state index contributed by atoms with van der Waals surface area (Å²) in [5, 5.41) is 18.7. The van der Waals surface area contributed by atoms with Gasteiger partial charge in [-0.25, -0.2) is 9.67 Å². The van der Waals surface area contributed by atoms with Gasteiger partial charge < -0.3 is 10.6 Å². The summed E-state index contributed by atoms with van der Waals surface area (Å²) in [7, 11) is 0. The average molecular weight is 671 g/mol. The van der Waals surface area contributed by atoms with Gasteiger partial charge in [0.05, 0.1) is 28.8 Å². The Bertz CT molecular complexity index is 1620. The maximum Gasteiger partial charge on any atom is 0.435 e. The highest BCUT2D eigenvalue weighted by molar-refractivity contribution is 9.11. The van der Waals surface area contributed by atoms with Crippen LogP contribution in [0.5, 0.6) is 0 Å². The summed E-state index contributed by atoms with van der Waals surface area (Å²) in [4.78, 5) is 30.4. The summed E-state index contributed by atoms with van der Waals surface area (Å²) in [6.45, 7) is 0.0523. The van der Waals surface area contributed by atoms with Crippen LogP contribution < -0.4 is 10.6 Å². The smallest absolute Gasteiger partial charge is 0.351 e. The molecule has 0 atom stereocenters. The van der Waals surface area contributed by atoms with E-state index >= 15 is 0 Å². The SMILES string of the molecule is N#CCCNC(=O)c1cc2cc(Br)ccc2c(Br)c1NC(=O)c1cc(C(F)(F)F)nn1-c1ncccc1Cl. The molecule has 8 nitrogen and oxygen atoms in total. The number of nitrogens with zero attached hydrogens (tertiary/aromatic N) is 4. The number of carbonyl (C=O) groups excluding carboxylic acids is 2. The maximum absolute atomic E-state index is 13.5. The molecule has 4 aromatic rings. The van der Waals surface area contributed by atoms with E-state index in [0.29, 0.717) is 26.0 Å². The van der Waals surface area contributed by atoms with E-state index in [2.05, 4.69) is 52.6 Å². The number of nitriles is 1. The first-order chi connectivity index (χ1) is 18.0. The van der Waals surface area contributed by atoms with Crippen LogP contribution in [-0.2, 0) is 6.18 Å². The largest absolute Gasteiger partial charge is 0.435 e. The molecule has 4 rings (SSSR count). The third-order valence-electron chi connectivity index (χ3n) is 5.22. The van der Waals surface area contributed by atoms with Crippen LogP contribution in [0.4, 0.5) is 18.9 Å². The predicted molar refractivity (Wildman–Crippen MR) is 141 cm³/mol. The number of aromatic nitrogens is 3. The fourth-order valence-electron chi connectivity index (χ4n) is 3.52. The number of nitrogens with one attached hydrogen (secondary N) is 2. The molecule has 2 amide bonds. The van der Waals surface area contributed by atoms with Crippen LogP contribution in [0.1, 0.15) is 33.0 Å². The number of benzene rings is 2. The molecular weight excluding hydrogens is 657 g/mol. The van der Waals surface area contributed by atoms with Gasteiger partial charge in [-0.3, -0.25) is 9.59 Å². The molecule has 2 aromatic heterocycles. The number of halogens is 6. The lowest BCUT2D eigenvalue weighted by Gasteiger charge is -2.16. The Balaban J connectivity index is 1.84. The van der Waals surface area contributed by atoms with Gasteiger partial charge in [0.1, 0.15) is 5.69 Å². The van der Waals surface area contributed by atoms with E-state index in [0.717, 1.165) is 4.47 Å². The number of alkyl halides is 3. The van der Waals surface area contributed by atoms with Gasteiger partial charge in [0.25, 0.3) is 11.8 Å². The second kappa shape index (κ2) is 11.1. The molecule has 38 heavy (non-hydrogen) atoms. The van der Waals surface area contributed by atoms with Crippen molar-refractivity contribution < 1.29 is 22.8 Å². The first-order valence-corrected chi connectivity index (χ1v) is 12.6. The summed E-state index contributed by atoms with van der Waals surface area (Å²) in [5.74, 6) is -1.79. The molecule has 0 bridgehead atoms. The Hall–Kier alpha value is -3.47. The number of anilines is 1. The van der Waals surface area contributed by atoms with Crippen LogP contribution in [-0.4, -0.2) is 33.1 Å². The number of rotatable bonds is 6. The lowest BCUT2D eigenvalue weighted by atomic mass is 10.0. The van der Waals surface area contributed by atoms with E-state index in [1.54, 1.807) is 18.2 Å². The van der Waals surface area contributed by atoms with E-state index in [9.17, 15) is 22.8 Å². The van der Waals surface area contributed by atoms with Crippen molar-refractivity contribution >= 4 is 71.7 Å². The fourth-order valence-corrected chi connectivity index (χ4v) is 4.77. The van der Waals surface area contributed by atoms with Gasteiger partial charge in [0.15, 0.2) is 11.5 Å². The molecule has 0 unspecified atom stereocenters. The van der Waals surface area contributed by atoms with E-state index in [-0.39, 0.29) is 35.1 Å². The Morgan fingerprint density at radius 3 is 2.58 bits per heavy atom. The number of hydrogen-bond donors (Lipinski definition) is 2. The topological polar surface area (TPSA) is 113 Å². The van der Waals surface area contributed by atoms with Gasteiger partial charge >= 0.3 is 6.18 Å². The van der Waals surface area contributed by atoms with Gasteiger partial charge in [-0.05, 0) is 57.0 Å². The molecule has 0 fully saturated rings. The Labute approximate surface area is 235 Å². The summed E-state index contributed by atoms with van der Waals surface area (Å²) in [6.07, 6.45) is -3.51. The zero-order chi connectivity index (χ0) is 27.6. The van der Waals surface area contributed by atoms with E-state index in [1.165, 1.54) is 24.4 Å². The molecule has 2 aromatic carbocycles. The van der Waals surface area contributed by atoms with Crippen molar-refractivity contribution in [1.82, 2.24) is 20.1 Å². The molecule has 0 aliphatic heterocycles. The van der Waals surface area contributed by atoms with Crippen LogP contribution in [0.2, 0.25) is 5.02 Å². The van der Waals surface area contributed by atoms with Crippen molar-refractivity contribution in [3.8, 4) is 11.9 Å². The molecule has 194 valence electrons. The van der Waals surface area contributed by atoms with Crippen LogP contribution >= 0.6 is 43.5 Å². The molecule has 0 radical (unpaired) electrons. The summed E-state index contributed by atoms with van der Waals surface area (Å²) in [6, 6.07) is 12.1. The van der Waals surface area contributed by atoms with E-state index in [4.69, 9.17) is 16.9 Å². The first kappa shape index (κ1) is 27.6. The van der Waals surface area contributed by atoms with Gasteiger partial charge in [0, 0.05) is 27.8 Å². The van der Waals surface area contributed by atoms with Crippen molar-refractivity contribution in [3.05, 3.63) is 79.6 Å². The van der Waals surface area contributed by atoms with Crippen molar-refractivity contribution in [3.63, 3.8) is 0 Å². The highest BCUT2D eigenvalue weighted by Crippen LogP contribution is 2.37. The quantitative estimate of drug-likeness (QED) is 0.227. The average Bonchev–Trinajstić information content (AvgIpc) is 3.32. The molecule has 0 aliphatic rings. The second-order valence-electron chi connectivity index (χ2n) is 7.73. The Kier molecular flexibility index (Phi) is 8.05. The van der Waals surface area contributed by atoms with Crippen LogP contribution in [0.15, 0.2) is 57.6 Å². The molecule has 14 heteroatoms. The standard InChI is InChI=1S/C24H14Br2ClF3N6O2/c25-13-4-5-14-12(9-13)10-15(22(37)33-8-2-6-31)20(19(14)26)34-23(38)17-11-18(24(28,29)30)35-36(17)21-16(27)3-1-7-32-21/h1,3-5,7,9-11H,2,8H2,(H,33,37)(H,34,38). The minimum Gasteiger partial charge on any atom is -0.351 e. The number of pyridine rings is 1. The maximum atomic E-state index is 13.5. The third kappa shape index (κ3) is 5.67. The first-order valence-electron chi connectivity index (χ1n) is 10.7. The van der Waals surface area contributed by atoms with Crippen LogP contribution in [0.3, 0.4) is 0 Å². The molecule has 0 saturated heterocycles. The Morgan fingerprint density at radius 1 is 1.13 bits per heavy atom. The van der Waals surface area contributed by atoms with E-state index in [1.807, 2.05) is 6.07 Å². The van der Waals surface area contributed by atoms with Crippen LogP contribution in [0, 0.1) is 11.3 Å². The molecular formula is C24H14Br2ClF3N6O2. The van der Waals surface area contributed by atoms with Crippen LogP contribution in [0.25, 0.3) is 16.6 Å². The monoisotopic (exact) mass is 668 g/mol. The van der Waals surface area contributed by atoms with Crippen molar-refractivity contribution in [2.45, 2.75) is 12.6 Å². The molecule has 2 N–H and O–H groups in total. The number of fused-ring (bicyclic) bond motifs is 1. The lowest BCUT2D eigenvalue weighted by molar-refractivity contribution is -0.141. The van der Waals surface area contributed by atoms with Crippen molar-refractivity contribution in [2.75, 3.05) is 11.9 Å².